The number of amides is 2. The van der Waals surface area contributed by atoms with Gasteiger partial charge in [-0.25, -0.2) is 13.8 Å². The van der Waals surface area contributed by atoms with Gasteiger partial charge in [-0.05, 0) is 72.3 Å². The number of nitrogens with one attached hydrogen (secondary N) is 1. The number of halogens is 4. The number of hydrogen-bond donors (Lipinski definition) is 1. The van der Waals surface area contributed by atoms with Gasteiger partial charge in [0, 0.05) is 87.3 Å². The number of likely N-dealkylation sites (tertiary alicyclic amines) is 1. The van der Waals surface area contributed by atoms with Crippen molar-refractivity contribution in [1.82, 2.24) is 39.2 Å². The van der Waals surface area contributed by atoms with Crippen molar-refractivity contribution in [1.29, 1.82) is 0 Å². The number of allylic oxidation sites excluding steroid dienone is 2. The number of ether oxygens (including phenoxy) is 2. The fraction of sp³-hybridized carbons (Fsp3) is 0.312. The summed E-state index contributed by atoms with van der Waals surface area (Å²) in [7, 11) is 0. The van der Waals surface area contributed by atoms with Crippen molar-refractivity contribution in [3.05, 3.63) is 124 Å². The Kier molecular flexibility index (Phi) is 11.6. The summed E-state index contributed by atoms with van der Waals surface area (Å²) in [6.07, 6.45) is 7.42. The van der Waals surface area contributed by atoms with E-state index in [1.807, 2.05) is 32.2 Å². The van der Waals surface area contributed by atoms with Gasteiger partial charge < -0.3 is 47.1 Å². The molecule has 0 saturated carbocycles. The normalized spacial score (nSPS) is 17.9. The second kappa shape index (κ2) is 18.1. The highest BCUT2D eigenvalue weighted by Crippen LogP contribution is 2.42. The van der Waals surface area contributed by atoms with Crippen molar-refractivity contribution < 1.29 is 41.0 Å². The first kappa shape index (κ1) is 44.4. The van der Waals surface area contributed by atoms with E-state index >= 15 is 8.63 Å². The Labute approximate surface area is 397 Å². The lowest BCUT2D eigenvalue weighted by atomic mass is 9.73. The molecule has 3 fully saturated rings. The van der Waals surface area contributed by atoms with Crippen molar-refractivity contribution in [3.8, 4) is 11.7 Å². The van der Waals surface area contributed by atoms with Crippen LogP contribution in [0.4, 0.5) is 29.3 Å². The third kappa shape index (κ3) is 8.57. The van der Waals surface area contributed by atoms with Gasteiger partial charge in [0.2, 0.25) is 23.8 Å². The number of aromatic nitrogens is 6. The van der Waals surface area contributed by atoms with E-state index in [1.165, 1.54) is 15.9 Å². The Morgan fingerprint density at radius 2 is 1.64 bits per heavy atom. The van der Waals surface area contributed by atoms with Crippen LogP contribution in [0.5, 0.6) is 5.75 Å². The van der Waals surface area contributed by atoms with E-state index in [0.29, 0.717) is 130 Å². The number of rotatable bonds is 15. The molecule has 3 saturated heterocycles. The van der Waals surface area contributed by atoms with Crippen LogP contribution in [0.3, 0.4) is 0 Å². The maximum absolute atomic E-state index is 16.2. The molecule has 9 heterocycles. The van der Waals surface area contributed by atoms with Crippen LogP contribution in [0.25, 0.3) is 35.2 Å². The van der Waals surface area contributed by atoms with Crippen LogP contribution in [-0.4, -0.2) is 128 Å². The molecule has 69 heavy (non-hydrogen) atoms. The highest BCUT2D eigenvalue weighted by molar-refractivity contribution is 7.12. The number of benzene rings is 2. The number of carbonyl (C=O) groups is 2. The summed E-state index contributed by atoms with van der Waals surface area (Å²) in [5, 5.41) is 4.72. The van der Waals surface area contributed by atoms with Crippen LogP contribution in [0.15, 0.2) is 96.0 Å². The summed E-state index contributed by atoms with van der Waals surface area (Å²) in [5.74, 6) is 0.657. The smallest absolute Gasteiger partial charge is 0.484 e. The molecule has 0 unspecified atom stereocenters. The molecule has 2 amide bonds. The maximum atomic E-state index is 16.2. The molecule has 4 aromatic heterocycles. The first-order chi connectivity index (χ1) is 33.5. The monoisotopic (exact) mass is 959 g/mol. The Morgan fingerprint density at radius 3 is 2.41 bits per heavy atom. The summed E-state index contributed by atoms with van der Waals surface area (Å²) < 4.78 is 75.7. The Bertz CT molecular complexity index is 3060. The van der Waals surface area contributed by atoms with Gasteiger partial charge in [0.1, 0.15) is 5.75 Å². The zero-order chi connectivity index (χ0) is 47.3. The van der Waals surface area contributed by atoms with E-state index in [1.54, 1.807) is 91.0 Å². The van der Waals surface area contributed by atoms with Crippen LogP contribution < -0.4 is 19.9 Å². The Hall–Kier alpha value is -7.13. The zero-order valence-electron chi connectivity index (χ0n) is 37.3. The van der Waals surface area contributed by atoms with Gasteiger partial charge >= 0.3 is 6.97 Å². The SMILES string of the molecule is O=C(COc1ccc(/C=C/c2ccc3n2[B-](F)(F)[N+]2=C(c4cccs4)C=CC2=C3)cc1)NCCCCC(=O)N1CC2(C1)CN(c1nc(N3CCOCC3)nc(-n3c(C(F)F)nc4ccccc43)n1)C2. The van der Waals surface area contributed by atoms with Gasteiger partial charge in [-0.15, -0.1) is 11.3 Å². The predicted octanol–water partition coefficient (Wildman–Crippen LogP) is 6.68. The molecule has 5 aliphatic heterocycles. The predicted molar refractivity (Wildman–Crippen MR) is 255 cm³/mol. The first-order valence-electron chi connectivity index (χ1n) is 22.9. The van der Waals surface area contributed by atoms with E-state index in [9.17, 15) is 18.4 Å². The van der Waals surface area contributed by atoms with Gasteiger partial charge in [-0.2, -0.15) is 15.0 Å². The van der Waals surface area contributed by atoms with Crippen LogP contribution in [0, 0.1) is 5.41 Å². The minimum atomic E-state index is -4.14. The molecule has 5 aliphatic rings. The molecule has 1 spiro atoms. The largest absolute Gasteiger partial charge is 0.737 e. The van der Waals surface area contributed by atoms with E-state index in [-0.39, 0.29) is 29.8 Å². The summed E-state index contributed by atoms with van der Waals surface area (Å²) in [6.45, 7) is 0.585. The minimum absolute atomic E-state index is 0.0553. The molecule has 15 nitrogen and oxygen atoms in total. The number of fused-ring (bicyclic) bond motifs is 3. The number of imidazole rings is 1. The first-order valence-corrected chi connectivity index (χ1v) is 23.8. The van der Waals surface area contributed by atoms with Crippen molar-refractivity contribution in [2.24, 2.45) is 5.41 Å². The van der Waals surface area contributed by atoms with E-state index in [4.69, 9.17) is 19.4 Å². The molecule has 0 bridgehead atoms. The van der Waals surface area contributed by atoms with Crippen molar-refractivity contribution in [2.45, 2.75) is 25.7 Å². The lowest BCUT2D eigenvalue weighted by molar-refractivity contribution is -0.360. The summed E-state index contributed by atoms with van der Waals surface area (Å²) >= 11 is 1.42. The van der Waals surface area contributed by atoms with Crippen molar-refractivity contribution in [3.63, 3.8) is 0 Å². The van der Waals surface area contributed by atoms with Gasteiger partial charge in [0.15, 0.2) is 23.8 Å². The summed E-state index contributed by atoms with van der Waals surface area (Å²) in [6, 6.07) is 21.0. The van der Waals surface area contributed by atoms with Crippen molar-refractivity contribution in [2.75, 3.05) is 75.4 Å². The Morgan fingerprint density at radius 1 is 0.870 bits per heavy atom. The highest BCUT2D eigenvalue weighted by Gasteiger charge is 2.54. The standard InChI is InChI=1S/C48H46BF4N11O4S/c50-43(51)44-55-37-6-1-2-7-38(37)62(44)47-57-45(59-21-23-67-24-22-59)56-46(58-47)61-30-48(31-61)28-60(29-48)42(66)9-3-4-20-54-41(65)27-68-36-17-11-32(12-18-36)10-13-33-14-15-34-26-35-16-19-39(40-8-5-25-69-40)64(35)49(52,53)63(33)34/h1-2,5-8,10-19,25-26,43H,3-4,9,20-24,27-31H2,(H,54,65)/b13-10+. The average molecular weight is 960 g/mol. The number of nitrogens with zero attached hydrogens (tertiary/aromatic N) is 10. The van der Waals surface area contributed by atoms with E-state index < -0.39 is 19.2 Å². The quantitative estimate of drug-likeness (QED) is 0.0674. The lowest BCUT2D eigenvalue weighted by Gasteiger charge is -2.60. The highest BCUT2D eigenvalue weighted by atomic mass is 32.1. The van der Waals surface area contributed by atoms with Gasteiger partial charge in [-0.1, -0.05) is 36.4 Å². The fourth-order valence-electron chi connectivity index (χ4n) is 9.69. The summed E-state index contributed by atoms with van der Waals surface area (Å²) in [4.78, 5) is 50.6. The topological polar surface area (TPSA) is 139 Å². The van der Waals surface area contributed by atoms with Crippen LogP contribution >= 0.6 is 11.3 Å². The molecule has 21 heteroatoms. The number of anilines is 2. The van der Waals surface area contributed by atoms with E-state index in [0.717, 1.165) is 19.4 Å². The summed E-state index contributed by atoms with van der Waals surface area (Å²) in [5.41, 5.74) is 3.33. The number of morpholine rings is 1. The number of unbranched alkanes of at least 4 members (excludes halogenated alkanes) is 1. The Balaban J connectivity index is 0.620. The molecule has 11 rings (SSSR count). The van der Waals surface area contributed by atoms with Crippen LogP contribution in [-0.2, 0) is 14.3 Å². The van der Waals surface area contributed by atoms with E-state index in [2.05, 4.69) is 15.3 Å². The molecule has 2 aromatic carbocycles. The number of para-hydroxylation sites is 2. The zero-order valence-corrected chi connectivity index (χ0v) is 38.1. The molecule has 0 atom stereocenters. The molecule has 0 radical (unpaired) electrons. The molecule has 1 N–H and O–H groups in total. The number of hydrogen-bond acceptors (Lipinski definition) is 11. The number of thiophene rings is 1. The average Bonchev–Trinajstić information content (AvgIpc) is 4.16. The lowest BCUT2D eigenvalue weighted by Crippen LogP contribution is -2.73. The third-order valence-corrected chi connectivity index (χ3v) is 14.0. The van der Waals surface area contributed by atoms with Gasteiger partial charge in [0.05, 0.1) is 29.1 Å². The maximum Gasteiger partial charge on any atom is 0.737 e. The fourth-order valence-corrected chi connectivity index (χ4v) is 10.4. The van der Waals surface area contributed by atoms with Crippen LogP contribution in [0.1, 0.15) is 53.3 Å². The molecule has 0 aliphatic carbocycles. The second-order valence-corrected chi connectivity index (χ2v) is 18.8. The molecule has 6 aromatic rings. The molecular weight excluding hydrogens is 913 g/mol. The number of alkyl halides is 2. The van der Waals surface area contributed by atoms with Crippen LogP contribution in [0.2, 0.25) is 0 Å². The third-order valence-electron chi connectivity index (χ3n) is 13.1. The molecular formula is C48H46BF4N11O4S. The van der Waals surface area contributed by atoms with Crippen molar-refractivity contribution >= 4 is 77.0 Å². The van der Waals surface area contributed by atoms with Gasteiger partial charge in [-0.3, -0.25) is 14.2 Å². The second-order valence-electron chi connectivity index (χ2n) is 17.8. The molecule has 354 valence electrons. The number of carbonyl (C=O) groups excluding carboxylic acids is 2. The minimum Gasteiger partial charge on any atom is -0.484 e. The van der Waals surface area contributed by atoms with Gasteiger partial charge in [0.25, 0.3) is 12.3 Å².